The second kappa shape index (κ2) is 6.69. The van der Waals surface area contributed by atoms with Crippen LogP contribution >= 0.6 is 15.9 Å². The molecule has 1 fully saturated rings. The summed E-state index contributed by atoms with van der Waals surface area (Å²) in [6.07, 6.45) is 1.06. The van der Waals surface area contributed by atoms with Gasteiger partial charge in [-0.15, -0.1) is 15.0 Å². The molecule has 124 valence electrons. The minimum atomic E-state index is 0.372. The predicted octanol–water partition coefficient (Wildman–Crippen LogP) is 3.90. The highest BCUT2D eigenvalue weighted by Crippen LogP contribution is 2.31. The number of nitriles is 1. The molecule has 3 aromatic rings. The molecule has 2 aromatic carbocycles. The van der Waals surface area contributed by atoms with Gasteiger partial charge in [0.15, 0.2) is 5.82 Å². The molecule has 1 aliphatic rings. The zero-order valence-corrected chi connectivity index (χ0v) is 15.1. The fourth-order valence-electron chi connectivity index (χ4n) is 3.22. The Kier molecular flexibility index (Phi) is 4.24. The van der Waals surface area contributed by atoms with Gasteiger partial charge in [-0.25, -0.2) is 0 Å². The normalized spacial score (nSPS) is 16.8. The van der Waals surface area contributed by atoms with Crippen molar-refractivity contribution in [3.8, 4) is 11.8 Å². The molecule has 0 amide bonds. The van der Waals surface area contributed by atoms with Crippen molar-refractivity contribution in [1.82, 2.24) is 15.0 Å². The van der Waals surface area contributed by atoms with E-state index in [0.717, 1.165) is 29.7 Å². The van der Waals surface area contributed by atoms with E-state index >= 15 is 0 Å². The van der Waals surface area contributed by atoms with Gasteiger partial charge in [0.25, 0.3) is 0 Å². The summed E-state index contributed by atoms with van der Waals surface area (Å²) in [7, 11) is 0. The molecule has 4 rings (SSSR count). The summed E-state index contributed by atoms with van der Waals surface area (Å²) < 4.78 is 0.995. The molecule has 2 heterocycles. The van der Waals surface area contributed by atoms with Gasteiger partial charge in [-0.2, -0.15) is 5.26 Å². The van der Waals surface area contributed by atoms with Gasteiger partial charge < -0.3 is 4.90 Å². The van der Waals surface area contributed by atoms with Crippen molar-refractivity contribution < 1.29 is 0 Å². The number of rotatable bonds is 3. The molecular formula is C19H16BrN5. The second-order valence-corrected chi connectivity index (χ2v) is 7.01. The molecule has 1 atom stereocenters. The Bertz CT molecular complexity index is 911. The number of benzene rings is 2. The molecule has 0 saturated carbocycles. The largest absolute Gasteiger partial charge is 0.352 e. The van der Waals surface area contributed by atoms with Gasteiger partial charge >= 0.3 is 0 Å². The van der Waals surface area contributed by atoms with Crippen LogP contribution in [0.1, 0.15) is 23.6 Å². The second-order valence-electron chi connectivity index (χ2n) is 6.09. The van der Waals surface area contributed by atoms with Crippen LogP contribution in [0.3, 0.4) is 0 Å². The molecule has 1 saturated heterocycles. The first kappa shape index (κ1) is 15.9. The summed E-state index contributed by atoms with van der Waals surface area (Å²) in [5.74, 6) is 1.13. The maximum absolute atomic E-state index is 9.47. The lowest BCUT2D eigenvalue weighted by Crippen LogP contribution is -2.20. The summed E-state index contributed by atoms with van der Waals surface area (Å²) in [4.78, 5) is 3.70. The van der Waals surface area contributed by atoms with E-state index in [2.05, 4.69) is 61.4 Å². The number of aromatic nitrogens is 3. The Morgan fingerprint density at radius 1 is 1.04 bits per heavy atom. The number of anilines is 1. The van der Waals surface area contributed by atoms with Gasteiger partial charge in [0, 0.05) is 23.5 Å². The maximum atomic E-state index is 9.47. The standard InChI is InChI=1S/C19H16BrN5/c20-16-6-8-17(9-7-16)25-22-18(12-21)19(23-25)24-11-10-15(13-24)14-4-2-1-3-5-14/h1-9,15H,10-11,13H2/t15-/m0/s1. The van der Waals surface area contributed by atoms with Crippen molar-refractivity contribution >= 4 is 21.7 Å². The Balaban J connectivity index is 1.61. The lowest BCUT2D eigenvalue weighted by atomic mass is 9.99. The molecule has 0 N–H and O–H groups in total. The molecule has 0 radical (unpaired) electrons. The average molecular weight is 394 g/mol. The summed E-state index contributed by atoms with van der Waals surface area (Å²) in [5, 5.41) is 18.4. The highest BCUT2D eigenvalue weighted by molar-refractivity contribution is 9.10. The molecule has 0 spiro atoms. The first-order chi connectivity index (χ1) is 12.2. The van der Waals surface area contributed by atoms with Gasteiger partial charge in [-0.05, 0) is 36.2 Å². The number of hydrogen-bond donors (Lipinski definition) is 0. The van der Waals surface area contributed by atoms with Crippen molar-refractivity contribution in [3.05, 3.63) is 70.3 Å². The maximum Gasteiger partial charge on any atom is 0.207 e. The van der Waals surface area contributed by atoms with E-state index in [4.69, 9.17) is 0 Å². The summed E-state index contributed by atoms with van der Waals surface area (Å²) in [6.45, 7) is 1.74. The average Bonchev–Trinajstić information content (AvgIpc) is 3.30. The SMILES string of the molecule is N#Cc1nn(-c2ccc(Br)cc2)nc1N1CC[C@H](c2ccccc2)C1. The van der Waals surface area contributed by atoms with Crippen LogP contribution in [-0.2, 0) is 0 Å². The topological polar surface area (TPSA) is 57.7 Å². The molecule has 1 aliphatic heterocycles. The van der Waals surface area contributed by atoms with E-state index in [1.165, 1.54) is 10.4 Å². The van der Waals surface area contributed by atoms with Gasteiger partial charge in [-0.1, -0.05) is 46.3 Å². The lowest BCUT2D eigenvalue weighted by molar-refractivity contribution is 0.741. The molecule has 0 aliphatic carbocycles. The quantitative estimate of drug-likeness (QED) is 0.676. The minimum Gasteiger partial charge on any atom is -0.352 e. The van der Waals surface area contributed by atoms with E-state index in [1.807, 2.05) is 30.3 Å². The van der Waals surface area contributed by atoms with Gasteiger partial charge in [-0.3, -0.25) is 0 Å². The van der Waals surface area contributed by atoms with E-state index in [0.29, 0.717) is 17.4 Å². The third kappa shape index (κ3) is 3.15. The Morgan fingerprint density at radius 2 is 1.80 bits per heavy atom. The Labute approximate surface area is 154 Å². The van der Waals surface area contributed by atoms with Crippen LogP contribution in [0.5, 0.6) is 0 Å². The third-order valence-corrected chi connectivity index (χ3v) is 5.05. The fraction of sp³-hybridized carbons (Fsp3) is 0.211. The van der Waals surface area contributed by atoms with Crippen molar-refractivity contribution in [3.63, 3.8) is 0 Å². The first-order valence-electron chi connectivity index (χ1n) is 8.18. The monoisotopic (exact) mass is 393 g/mol. The number of nitrogens with zero attached hydrogens (tertiary/aromatic N) is 5. The molecule has 0 bridgehead atoms. The summed E-state index contributed by atoms with van der Waals surface area (Å²) >= 11 is 3.42. The molecule has 0 unspecified atom stereocenters. The highest BCUT2D eigenvalue weighted by atomic mass is 79.9. The van der Waals surface area contributed by atoms with E-state index in [9.17, 15) is 5.26 Å². The lowest BCUT2D eigenvalue weighted by Gasteiger charge is -2.15. The first-order valence-corrected chi connectivity index (χ1v) is 8.97. The summed E-state index contributed by atoms with van der Waals surface area (Å²) in [6, 6.07) is 20.4. The van der Waals surface area contributed by atoms with Crippen molar-refractivity contribution in [2.75, 3.05) is 18.0 Å². The van der Waals surface area contributed by atoms with Crippen LogP contribution in [0, 0.1) is 11.3 Å². The van der Waals surface area contributed by atoms with E-state index in [-0.39, 0.29) is 0 Å². The smallest absolute Gasteiger partial charge is 0.207 e. The van der Waals surface area contributed by atoms with Crippen molar-refractivity contribution in [1.29, 1.82) is 5.26 Å². The van der Waals surface area contributed by atoms with Crippen molar-refractivity contribution in [2.24, 2.45) is 0 Å². The molecule has 25 heavy (non-hydrogen) atoms. The third-order valence-electron chi connectivity index (χ3n) is 4.52. The number of hydrogen-bond acceptors (Lipinski definition) is 4. The van der Waals surface area contributed by atoms with Crippen LogP contribution in [-0.4, -0.2) is 28.1 Å². The van der Waals surface area contributed by atoms with Crippen LogP contribution in [0.4, 0.5) is 5.82 Å². The van der Waals surface area contributed by atoms with Crippen LogP contribution in [0.2, 0.25) is 0 Å². The molecule has 6 heteroatoms. The van der Waals surface area contributed by atoms with E-state index < -0.39 is 0 Å². The van der Waals surface area contributed by atoms with Crippen molar-refractivity contribution in [2.45, 2.75) is 12.3 Å². The Morgan fingerprint density at radius 3 is 2.52 bits per heavy atom. The van der Waals surface area contributed by atoms with Crippen LogP contribution < -0.4 is 4.90 Å². The highest BCUT2D eigenvalue weighted by Gasteiger charge is 2.28. The van der Waals surface area contributed by atoms with Gasteiger partial charge in [0.2, 0.25) is 5.69 Å². The predicted molar refractivity (Wildman–Crippen MR) is 99.8 cm³/mol. The summed E-state index contributed by atoms with van der Waals surface area (Å²) in [5.41, 5.74) is 2.55. The molecule has 5 nitrogen and oxygen atoms in total. The zero-order chi connectivity index (χ0) is 17.2. The van der Waals surface area contributed by atoms with Gasteiger partial charge in [0.05, 0.1) is 5.69 Å². The minimum absolute atomic E-state index is 0.372. The molecule has 1 aromatic heterocycles. The Hall–Kier alpha value is -2.65. The van der Waals surface area contributed by atoms with Crippen LogP contribution in [0.15, 0.2) is 59.1 Å². The zero-order valence-electron chi connectivity index (χ0n) is 13.5. The fourth-order valence-corrected chi connectivity index (χ4v) is 3.49. The van der Waals surface area contributed by atoms with Gasteiger partial charge in [0.1, 0.15) is 6.07 Å². The van der Waals surface area contributed by atoms with E-state index in [1.54, 1.807) is 0 Å². The van der Waals surface area contributed by atoms with Crippen LogP contribution in [0.25, 0.3) is 5.69 Å². The molecular weight excluding hydrogens is 378 g/mol. The number of halogens is 1.